The van der Waals surface area contributed by atoms with E-state index in [9.17, 15) is 13.2 Å². The second-order valence-corrected chi connectivity index (χ2v) is 9.06. The van der Waals surface area contributed by atoms with Gasteiger partial charge in [-0.05, 0) is 46.6 Å². The number of halogens is 1. The number of hydrogen-bond donors (Lipinski definition) is 2. The van der Waals surface area contributed by atoms with E-state index in [-0.39, 0.29) is 28.5 Å². The highest BCUT2D eigenvalue weighted by Crippen LogP contribution is 2.22. The highest BCUT2D eigenvalue weighted by Gasteiger charge is 2.21. The lowest BCUT2D eigenvalue weighted by atomic mass is 10.2. The van der Waals surface area contributed by atoms with Crippen LogP contribution in [0.2, 0.25) is 0 Å². The molecule has 0 fully saturated rings. The summed E-state index contributed by atoms with van der Waals surface area (Å²) in [4.78, 5) is 20.5. The molecule has 13 heteroatoms. The Hall–Kier alpha value is -3.19. The molecule has 0 saturated heterocycles. The molecule has 3 aromatic rings. The van der Waals surface area contributed by atoms with Crippen LogP contribution in [0.25, 0.3) is 0 Å². The lowest BCUT2D eigenvalue weighted by Gasteiger charge is -2.16. The van der Waals surface area contributed by atoms with Gasteiger partial charge in [0.1, 0.15) is 6.04 Å². The summed E-state index contributed by atoms with van der Waals surface area (Å²) in [6.45, 7) is 1.87. The van der Waals surface area contributed by atoms with Gasteiger partial charge in [-0.15, -0.1) is 0 Å². The molecule has 0 radical (unpaired) electrons. The molecule has 0 bridgehead atoms. The van der Waals surface area contributed by atoms with Crippen molar-refractivity contribution < 1.29 is 22.7 Å². The number of sulfonamides is 1. The standard InChI is InChI=1S/C19H21BrN6O5S/c1-4-15(26-11-12(20)10-21-26)18(27)22-13-5-7-14(8-6-13)32(28,29)25-16-9-17(30-2)24-19(23-16)31-3/h5-11,15H,4H2,1-3H3,(H,22,27)(H,23,24,25). The predicted octanol–water partition coefficient (Wildman–Crippen LogP) is 2.84. The number of carbonyl (C=O) groups is 1. The summed E-state index contributed by atoms with van der Waals surface area (Å²) in [5.41, 5.74) is 0.448. The van der Waals surface area contributed by atoms with E-state index in [1.807, 2.05) is 6.92 Å². The van der Waals surface area contributed by atoms with E-state index < -0.39 is 16.1 Å². The molecule has 0 aliphatic heterocycles. The van der Waals surface area contributed by atoms with Crippen LogP contribution >= 0.6 is 15.9 Å². The topological polar surface area (TPSA) is 137 Å². The third kappa shape index (κ3) is 5.53. The maximum absolute atomic E-state index is 12.7. The van der Waals surface area contributed by atoms with Gasteiger partial charge in [-0.25, -0.2) is 8.42 Å². The Morgan fingerprint density at radius 1 is 1.19 bits per heavy atom. The number of amides is 1. The van der Waals surface area contributed by atoms with Crippen LogP contribution < -0.4 is 19.5 Å². The van der Waals surface area contributed by atoms with Crippen LogP contribution in [-0.2, 0) is 14.8 Å². The molecular formula is C19H21BrN6O5S. The van der Waals surface area contributed by atoms with E-state index >= 15 is 0 Å². The van der Waals surface area contributed by atoms with Crippen molar-refractivity contribution in [3.63, 3.8) is 0 Å². The lowest BCUT2D eigenvalue weighted by molar-refractivity contribution is -0.119. The largest absolute Gasteiger partial charge is 0.481 e. The van der Waals surface area contributed by atoms with E-state index in [4.69, 9.17) is 9.47 Å². The maximum Gasteiger partial charge on any atom is 0.321 e. The summed E-state index contributed by atoms with van der Waals surface area (Å²) >= 11 is 3.31. The second-order valence-electron chi connectivity index (χ2n) is 6.46. The van der Waals surface area contributed by atoms with Crippen molar-refractivity contribution in [2.24, 2.45) is 0 Å². The molecule has 2 heterocycles. The van der Waals surface area contributed by atoms with Gasteiger partial charge in [0.25, 0.3) is 10.0 Å². The number of anilines is 2. The molecule has 1 aromatic carbocycles. The summed E-state index contributed by atoms with van der Waals surface area (Å²) in [6, 6.07) is 6.52. The van der Waals surface area contributed by atoms with Gasteiger partial charge in [0.2, 0.25) is 11.8 Å². The molecule has 0 spiro atoms. The number of hydrogen-bond acceptors (Lipinski definition) is 8. The van der Waals surface area contributed by atoms with Crippen LogP contribution in [-0.4, -0.2) is 48.3 Å². The van der Waals surface area contributed by atoms with Gasteiger partial charge in [0.05, 0.1) is 29.8 Å². The molecule has 1 atom stereocenters. The molecule has 2 N–H and O–H groups in total. The van der Waals surface area contributed by atoms with Crippen LogP contribution in [0.5, 0.6) is 11.9 Å². The van der Waals surface area contributed by atoms with Gasteiger partial charge in [0, 0.05) is 18.0 Å². The van der Waals surface area contributed by atoms with Crippen molar-refractivity contribution in [3.8, 4) is 11.9 Å². The number of benzene rings is 1. The van der Waals surface area contributed by atoms with Crippen molar-refractivity contribution >= 4 is 43.4 Å². The fourth-order valence-electron chi connectivity index (χ4n) is 2.77. The average molecular weight is 525 g/mol. The van der Waals surface area contributed by atoms with Gasteiger partial charge in [0.15, 0.2) is 5.82 Å². The molecule has 1 unspecified atom stereocenters. The van der Waals surface area contributed by atoms with Crippen LogP contribution in [0, 0.1) is 0 Å². The summed E-state index contributed by atoms with van der Waals surface area (Å²) in [7, 11) is -1.21. The first-order valence-electron chi connectivity index (χ1n) is 9.36. The Morgan fingerprint density at radius 3 is 2.47 bits per heavy atom. The van der Waals surface area contributed by atoms with Crippen molar-refractivity contribution in [1.82, 2.24) is 19.7 Å². The Bertz CT molecular complexity index is 1180. The molecule has 1 amide bonds. The van der Waals surface area contributed by atoms with E-state index in [2.05, 4.69) is 41.0 Å². The lowest BCUT2D eigenvalue weighted by Crippen LogP contribution is -2.26. The van der Waals surface area contributed by atoms with Gasteiger partial charge < -0.3 is 14.8 Å². The molecular weight excluding hydrogens is 504 g/mol. The number of nitrogens with one attached hydrogen (secondary N) is 2. The zero-order chi connectivity index (χ0) is 23.3. The average Bonchev–Trinajstić information content (AvgIpc) is 3.19. The second kappa shape index (κ2) is 9.96. The van der Waals surface area contributed by atoms with Crippen LogP contribution in [0.1, 0.15) is 19.4 Å². The van der Waals surface area contributed by atoms with Crippen molar-refractivity contribution in [3.05, 3.63) is 47.2 Å². The highest BCUT2D eigenvalue weighted by molar-refractivity contribution is 9.10. The number of ether oxygens (including phenoxy) is 2. The van der Waals surface area contributed by atoms with Crippen molar-refractivity contribution in [2.75, 3.05) is 24.3 Å². The maximum atomic E-state index is 12.7. The van der Waals surface area contributed by atoms with Gasteiger partial charge in [-0.1, -0.05) is 6.92 Å². The first-order valence-corrected chi connectivity index (χ1v) is 11.6. The molecule has 11 nitrogen and oxygen atoms in total. The van der Waals surface area contributed by atoms with E-state index in [1.165, 1.54) is 44.6 Å². The van der Waals surface area contributed by atoms with Gasteiger partial charge in [-0.3, -0.25) is 14.2 Å². The number of aromatic nitrogens is 4. The van der Waals surface area contributed by atoms with Crippen LogP contribution in [0.15, 0.2) is 52.1 Å². The first-order chi connectivity index (χ1) is 15.2. The monoisotopic (exact) mass is 524 g/mol. The SMILES string of the molecule is CCC(C(=O)Nc1ccc(S(=O)(=O)Nc2cc(OC)nc(OC)n2)cc1)n1cc(Br)cn1. The summed E-state index contributed by atoms with van der Waals surface area (Å²) in [6.07, 6.45) is 3.85. The number of carbonyl (C=O) groups excluding carboxylic acids is 1. The summed E-state index contributed by atoms with van der Waals surface area (Å²) < 4.78 is 40.1. The molecule has 0 aliphatic carbocycles. The molecule has 32 heavy (non-hydrogen) atoms. The van der Waals surface area contributed by atoms with E-state index in [0.717, 1.165) is 4.47 Å². The Balaban J connectivity index is 1.73. The molecule has 3 rings (SSSR count). The fraction of sp³-hybridized carbons (Fsp3) is 0.263. The quantitative estimate of drug-likeness (QED) is 0.435. The minimum absolute atomic E-state index is 0.0118. The molecule has 2 aromatic heterocycles. The Kier molecular flexibility index (Phi) is 7.30. The third-order valence-electron chi connectivity index (χ3n) is 4.32. The summed E-state index contributed by atoms with van der Waals surface area (Å²) in [5.74, 6) is -0.137. The Labute approximate surface area is 193 Å². The smallest absolute Gasteiger partial charge is 0.321 e. The van der Waals surface area contributed by atoms with Gasteiger partial charge >= 0.3 is 6.01 Å². The third-order valence-corrected chi connectivity index (χ3v) is 6.10. The Morgan fingerprint density at radius 2 is 1.91 bits per heavy atom. The highest BCUT2D eigenvalue weighted by atomic mass is 79.9. The molecule has 170 valence electrons. The summed E-state index contributed by atoms with van der Waals surface area (Å²) in [5, 5.41) is 6.93. The first kappa shape index (κ1) is 23.5. The predicted molar refractivity (Wildman–Crippen MR) is 120 cm³/mol. The molecule has 0 aliphatic rings. The number of rotatable bonds is 9. The van der Waals surface area contributed by atoms with Crippen molar-refractivity contribution in [2.45, 2.75) is 24.3 Å². The van der Waals surface area contributed by atoms with Crippen LogP contribution in [0.3, 0.4) is 0 Å². The molecule has 0 saturated carbocycles. The normalized spacial score (nSPS) is 12.1. The fourth-order valence-corrected chi connectivity index (χ4v) is 4.06. The minimum atomic E-state index is -3.95. The van der Waals surface area contributed by atoms with E-state index in [0.29, 0.717) is 12.1 Å². The zero-order valence-corrected chi connectivity index (χ0v) is 19.8. The van der Waals surface area contributed by atoms with Gasteiger partial charge in [-0.2, -0.15) is 15.1 Å². The van der Waals surface area contributed by atoms with Crippen LogP contribution in [0.4, 0.5) is 11.5 Å². The van der Waals surface area contributed by atoms with E-state index in [1.54, 1.807) is 17.1 Å². The minimum Gasteiger partial charge on any atom is -0.481 e. The van der Waals surface area contributed by atoms with Crippen molar-refractivity contribution in [1.29, 1.82) is 0 Å². The zero-order valence-electron chi connectivity index (χ0n) is 17.4. The number of methoxy groups -OCH3 is 2. The number of nitrogens with zero attached hydrogens (tertiary/aromatic N) is 4.